The number of para-hydroxylation sites is 1. The Morgan fingerprint density at radius 2 is 1.90 bits per heavy atom. The summed E-state index contributed by atoms with van der Waals surface area (Å²) in [6, 6.07) is 18.3. The third-order valence-electron chi connectivity index (χ3n) is 5.64. The van der Waals surface area contributed by atoms with Gasteiger partial charge in [-0.2, -0.15) is 0 Å². The van der Waals surface area contributed by atoms with Gasteiger partial charge in [0.25, 0.3) is 5.91 Å². The molecule has 3 heterocycles. The number of hydrogen-bond donors (Lipinski definition) is 2. The smallest absolute Gasteiger partial charge is 0.270 e. The third-order valence-corrected chi connectivity index (χ3v) is 5.64. The number of anilines is 1. The summed E-state index contributed by atoms with van der Waals surface area (Å²) in [5.41, 5.74) is 5.38. The zero-order valence-electron chi connectivity index (χ0n) is 16.6. The van der Waals surface area contributed by atoms with Crippen LogP contribution in [0.5, 0.6) is 0 Å². The molecule has 0 saturated heterocycles. The summed E-state index contributed by atoms with van der Waals surface area (Å²) in [4.78, 5) is 27.0. The summed E-state index contributed by atoms with van der Waals surface area (Å²) >= 11 is 0. The van der Waals surface area contributed by atoms with Crippen LogP contribution in [0.1, 0.15) is 27.2 Å². The fraction of sp³-hybridized carbons (Fsp3) is 0.208. The topological polar surface area (TPSA) is 73.9 Å². The molecule has 1 amide bonds. The van der Waals surface area contributed by atoms with E-state index in [1.165, 1.54) is 22.1 Å². The first-order chi connectivity index (χ1) is 14.8. The van der Waals surface area contributed by atoms with E-state index in [1.807, 2.05) is 18.3 Å². The van der Waals surface area contributed by atoms with E-state index in [4.69, 9.17) is 0 Å². The van der Waals surface area contributed by atoms with Crippen molar-refractivity contribution in [2.75, 3.05) is 18.0 Å². The van der Waals surface area contributed by atoms with Gasteiger partial charge in [0.2, 0.25) is 5.95 Å². The molecule has 2 aromatic heterocycles. The van der Waals surface area contributed by atoms with Crippen LogP contribution in [-0.2, 0) is 19.4 Å². The van der Waals surface area contributed by atoms with Gasteiger partial charge in [-0.05, 0) is 41.7 Å². The summed E-state index contributed by atoms with van der Waals surface area (Å²) in [6.45, 7) is 2.17. The lowest BCUT2D eigenvalue weighted by Crippen LogP contribution is -2.33. The molecular formula is C24H23N5O. The molecule has 30 heavy (non-hydrogen) atoms. The van der Waals surface area contributed by atoms with Crippen molar-refractivity contribution in [2.45, 2.75) is 19.4 Å². The summed E-state index contributed by atoms with van der Waals surface area (Å²) in [5, 5.41) is 4.18. The molecular weight excluding hydrogens is 374 g/mol. The Morgan fingerprint density at radius 1 is 1.07 bits per heavy atom. The molecule has 2 N–H and O–H groups in total. The van der Waals surface area contributed by atoms with Gasteiger partial charge in [0.05, 0.1) is 0 Å². The molecule has 6 heteroatoms. The highest BCUT2D eigenvalue weighted by atomic mass is 16.1. The van der Waals surface area contributed by atoms with Crippen LogP contribution in [0.15, 0.2) is 67.0 Å². The van der Waals surface area contributed by atoms with Crippen LogP contribution in [0.2, 0.25) is 0 Å². The van der Waals surface area contributed by atoms with Crippen molar-refractivity contribution in [3.05, 3.63) is 89.4 Å². The quantitative estimate of drug-likeness (QED) is 0.541. The standard InChI is InChI=1S/C24H23N5O/c30-23(25-12-9-18-15-27-21-8-4-3-7-20(18)21)22-10-13-26-24(28-22)29-14-11-17-5-1-2-6-19(17)16-29/h1-8,10,13,15,27H,9,11-12,14,16H2,(H,25,30). The zero-order valence-corrected chi connectivity index (χ0v) is 16.6. The number of amides is 1. The van der Waals surface area contributed by atoms with E-state index < -0.39 is 0 Å². The van der Waals surface area contributed by atoms with Crippen LogP contribution < -0.4 is 10.2 Å². The fourth-order valence-electron chi connectivity index (χ4n) is 4.03. The predicted octanol–water partition coefficient (Wildman–Crippen LogP) is 3.49. The van der Waals surface area contributed by atoms with Gasteiger partial charge in [-0.25, -0.2) is 9.97 Å². The normalized spacial score (nSPS) is 13.3. The summed E-state index contributed by atoms with van der Waals surface area (Å²) < 4.78 is 0. The average Bonchev–Trinajstić information content (AvgIpc) is 3.22. The highest BCUT2D eigenvalue weighted by Gasteiger charge is 2.19. The lowest BCUT2D eigenvalue weighted by molar-refractivity contribution is 0.0949. The number of hydrogen-bond acceptors (Lipinski definition) is 4. The van der Waals surface area contributed by atoms with Crippen LogP contribution in [-0.4, -0.2) is 33.9 Å². The lowest BCUT2D eigenvalue weighted by atomic mass is 10.0. The van der Waals surface area contributed by atoms with E-state index in [1.54, 1.807) is 12.3 Å². The van der Waals surface area contributed by atoms with E-state index >= 15 is 0 Å². The molecule has 1 aliphatic rings. The van der Waals surface area contributed by atoms with Gasteiger partial charge in [-0.15, -0.1) is 0 Å². The number of nitrogens with zero attached hydrogens (tertiary/aromatic N) is 3. The number of nitrogens with one attached hydrogen (secondary N) is 2. The maximum absolute atomic E-state index is 12.6. The molecule has 0 atom stereocenters. The third kappa shape index (κ3) is 3.64. The molecule has 1 aliphatic heterocycles. The minimum absolute atomic E-state index is 0.170. The Morgan fingerprint density at radius 3 is 2.83 bits per heavy atom. The Kier molecular flexibility index (Phi) is 4.89. The minimum atomic E-state index is -0.170. The Balaban J connectivity index is 1.23. The van der Waals surface area contributed by atoms with Crippen LogP contribution >= 0.6 is 0 Å². The first-order valence-corrected chi connectivity index (χ1v) is 10.3. The number of H-pyrrole nitrogens is 1. The van der Waals surface area contributed by atoms with Gasteiger partial charge >= 0.3 is 0 Å². The monoisotopic (exact) mass is 397 g/mol. The van der Waals surface area contributed by atoms with Crippen molar-refractivity contribution in [3.63, 3.8) is 0 Å². The largest absolute Gasteiger partial charge is 0.361 e. The number of rotatable bonds is 5. The summed E-state index contributed by atoms with van der Waals surface area (Å²) in [5.74, 6) is 0.435. The van der Waals surface area contributed by atoms with Crippen LogP contribution in [0.4, 0.5) is 5.95 Å². The van der Waals surface area contributed by atoms with Crippen LogP contribution in [0, 0.1) is 0 Å². The van der Waals surface area contributed by atoms with E-state index in [-0.39, 0.29) is 5.91 Å². The predicted molar refractivity (Wildman–Crippen MR) is 118 cm³/mol. The van der Waals surface area contributed by atoms with Gasteiger partial charge in [-0.1, -0.05) is 42.5 Å². The number of aromatic nitrogens is 3. The number of fused-ring (bicyclic) bond motifs is 2. The maximum atomic E-state index is 12.6. The van der Waals surface area contributed by atoms with Gasteiger partial charge in [0, 0.05) is 42.9 Å². The molecule has 0 unspecified atom stereocenters. The minimum Gasteiger partial charge on any atom is -0.361 e. The van der Waals surface area contributed by atoms with Gasteiger partial charge in [0.15, 0.2) is 0 Å². The number of benzene rings is 2. The highest BCUT2D eigenvalue weighted by Crippen LogP contribution is 2.22. The second-order valence-corrected chi connectivity index (χ2v) is 7.55. The molecule has 150 valence electrons. The lowest BCUT2D eigenvalue weighted by Gasteiger charge is -2.28. The molecule has 0 saturated carbocycles. The Hall–Kier alpha value is -3.67. The second kappa shape index (κ2) is 7.99. The van der Waals surface area contributed by atoms with Gasteiger partial charge in [-0.3, -0.25) is 4.79 Å². The molecule has 6 nitrogen and oxygen atoms in total. The van der Waals surface area contributed by atoms with Crippen molar-refractivity contribution in [1.29, 1.82) is 0 Å². The van der Waals surface area contributed by atoms with E-state index in [2.05, 4.69) is 61.6 Å². The molecule has 0 aliphatic carbocycles. The maximum Gasteiger partial charge on any atom is 0.270 e. The zero-order chi connectivity index (χ0) is 20.3. The Labute approximate surface area is 175 Å². The molecule has 0 fully saturated rings. The highest BCUT2D eigenvalue weighted by molar-refractivity contribution is 5.92. The average molecular weight is 397 g/mol. The van der Waals surface area contributed by atoms with Crippen molar-refractivity contribution >= 4 is 22.8 Å². The molecule has 0 bridgehead atoms. The second-order valence-electron chi connectivity index (χ2n) is 7.55. The fourth-order valence-corrected chi connectivity index (χ4v) is 4.03. The first kappa shape index (κ1) is 18.4. The summed E-state index contributed by atoms with van der Waals surface area (Å²) in [7, 11) is 0. The van der Waals surface area contributed by atoms with Crippen LogP contribution in [0.25, 0.3) is 10.9 Å². The SMILES string of the molecule is O=C(NCCc1c[nH]c2ccccc12)c1ccnc(N2CCc3ccccc3C2)n1. The number of aromatic amines is 1. The first-order valence-electron chi connectivity index (χ1n) is 10.3. The number of carbonyl (C=O) groups is 1. The van der Waals surface area contributed by atoms with Crippen molar-refractivity contribution < 1.29 is 4.79 Å². The number of carbonyl (C=O) groups excluding carboxylic acids is 1. The van der Waals surface area contributed by atoms with Crippen molar-refractivity contribution in [3.8, 4) is 0 Å². The molecule has 4 aromatic rings. The van der Waals surface area contributed by atoms with Crippen LogP contribution in [0.3, 0.4) is 0 Å². The molecule has 0 spiro atoms. The van der Waals surface area contributed by atoms with Crippen molar-refractivity contribution in [1.82, 2.24) is 20.3 Å². The van der Waals surface area contributed by atoms with Gasteiger partial charge in [0.1, 0.15) is 5.69 Å². The van der Waals surface area contributed by atoms with Crippen molar-refractivity contribution in [2.24, 2.45) is 0 Å². The Bertz CT molecular complexity index is 1200. The van der Waals surface area contributed by atoms with E-state index in [0.29, 0.717) is 18.2 Å². The van der Waals surface area contributed by atoms with E-state index in [0.717, 1.165) is 31.4 Å². The van der Waals surface area contributed by atoms with Gasteiger partial charge < -0.3 is 15.2 Å². The molecule has 0 radical (unpaired) electrons. The van der Waals surface area contributed by atoms with E-state index in [9.17, 15) is 4.79 Å². The molecule has 5 rings (SSSR count). The summed E-state index contributed by atoms with van der Waals surface area (Å²) in [6.07, 6.45) is 5.39. The molecule has 2 aromatic carbocycles.